The molecule has 6 nitrogen and oxygen atoms in total. The number of nitrogens with zero attached hydrogens (tertiary/aromatic N) is 3. The zero-order valence-corrected chi connectivity index (χ0v) is 14.8. The molecule has 2 saturated heterocycles. The van der Waals surface area contributed by atoms with Crippen molar-refractivity contribution in [1.29, 1.82) is 0 Å². The van der Waals surface area contributed by atoms with E-state index in [1.54, 1.807) is 7.11 Å². The highest BCUT2D eigenvalue weighted by Crippen LogP contribution is 2.23. The topological polar surface area (TPSA) is 63.3 Å². The molecule has 3 rings (SSSR count). The fourth-order valence-corrected chi connectivity index (χ4v) is 3.24. The monoisotopic (exact) mass is 352 g/mol. The Labute approximate surface area is 148 Å². The molecule has 0 aliphatic carbocycles. The molecule has 0 spiro atoms. The standard InChI is InChI=1S/C17H25ClN4O2/c1-23-17(6-11-24-13-17)12-20-16(19)22-9-7-21(8-10-22)15-4-2-14(18)3-5-15/h2-5H,6-13H2,1H3,(H2,19,20). The molecule has 0 amide bonds. The van der Waals surface area contributed by atoms with Gasteiger partial charge < -0.3 is 25.0 Å². The van der Waals surface area contributed by atoms with Crippen LogP contribution >= 0.6 is 11.6 Å². The Kier molecular flexibility index (Phi) is 5.48. The third-order valence-electron chi connectivity index (χ3n) is 4.82. The lowest BCUT2D eigenvalue weighted by atomic mass is 10.0. The van der Waals surface area contributed by atoms with Gasteiger partial charge in [-0.2, -0.15) is 0 Å². The largest absolute Gasteiger partial charge is 0.378 e. The second kappa shape index (κ2) is 7.59. The lowest BCUT2D eigenvalue weighted by Crippen LogP contribution is -2.51. The van der Waals surface area contributed by atoms with E-state index in [0.717, 1.165) is 44.2 Å². The van der Waals surface area contributed by atoms with Gasteiger partial charge in [0.2, 0.25) is 0 Å². The number of halogens is 1. The lowest BCUT2D eigenvalue weighted by Gasteiger charge is -2.37. The highest BCUT2D eigenvalue weighted by molar-refractivity contribution is 6.30. The van der Waals surface area contributed by atoms with Crippen LogP contribution in [0.2, 0.25) is 5.02 Å². The van der Waals surface area contributed by atoms with Crippen LogP contribution < -0.4 is 10.6 Å². The van der Waals surface area contributed by atoms with E-state index in [9.17, 15) is 0 Å². The summed E-state index contributed by atoms with van der Waals surface area (Å²) in [6.45, 7) is 5.40. The first kappa shape index (κ1) is 17.3. The molecule has 1 aromatic rings. The van der Waals surface area contributed by atoms with Crippen molar-refractivity contribution in [3.63, 3.8) is 0 Å². The summed E-state index contributed by atoms with van der Waals surface area (Å²) < 4.78 is 11.0. The molecule has 0 saturated carbocycles. The van der Waals surface area contributed by atoms with Crippen molar-refractivity contribution in [3.8, 4) is 0 Å². The minimum Gasteiger partial charge on any atom is -0.378 e. The molecule has 2 aliphatic heterocycles. The maximum absolute atomic E-state index is 6.19. The van der Waals surface area contributed by atoms with Gasteiger partial charge in [-0.05, 0) is 24.3 Å². The Morgan fingerprint density at radius 2 is 2.00 bits per heavy atom. The van der Waals surface area contributed by atoms with Crippen LogP contribution in [-0.4, -0.2) is 69.5 Å². The van der Waals surface area contributed by atoms with Crippen molar-refractivity contribution < 1.29 is 9.47 Å². The third kappa shape index (κ3) is 3.94. The van der Waals surface area contributed by atoms with Gasteiger partial charge in [0.15, 0.2) is 5.96 Å². The summed E-state index contributed by atoms with van der Waals surface area (Å²) in [4.78, 5) is 9.03. The maximum atomic E-state index is 6.19. The molecule has 1 aromatic carbocycles. The smallest absolute Gasteiger partial charge is 0.191 e. The number of hydrogen-bond acceptors (Lipinski definition) is 4. The van der Waals surface area contributed by atoms with Crippen LogP contribution in [0.3, 0.4) is 0 Å². The molecule has 24 heavy (non-hydrogen) atoms. The number of aliphatic imine (C=N–C) groups is 1. The SMILES string of the molecule is COC1(CN=C(N)N2CCN(c3ccc(Cl)cc3)CC2)CCOC1. The maximum Gasteiger partial charge on any atom is 0.191 e. The zero-order valence-electron chi connectivity index (χ0n) is 14.1. The normalized spacial score (nSPS) is 25.3. The first-order valence-electron chi connectivity index (χ1n) is 8.30. The molecular formula is C17H25ClN4O2. The predicted molar refractivity (Wildman–Crippen MR) is 96.9 cm³/mol. The third-order valence-corrected chi connectivity index (χ3v) is 5.08. The summed E-state index contributed by atoms with van der Waals surface area (Å²) in [5.41, 5.74) is 7.07. The summed E-state index contributed by atoms with van der Waals surface area (Å²) in [7, 11) is 1.71. The van der Waals surface area contributed by atoms with Crippen LogP contribution in [0, 0.1) is 0 Å². The fourth-order valence-electron chi connectivity index (χ4n) is 3.11. The minimum absolute atomic E-state index is 0.310. The summed E-state index contributed by atoms with van der Waals surface area (Å²) in [6, 6.07) is 7.95. The number of rotatable bonds is 4. The lowest BCUT2D eigenvalue weighted by molar-refractivity contribution is -0.00918. The van der Waals surface area contributed by atoms with Gasteiger partial charge in [0, 0.05) is 57.0 Å². The molecule has 2 fully saturated rings. The van der Waals surface area contributed by atoms with E-state index in [2.05, 4.69) is 26.9 Å². The number of guanidine groups is 1. The van der Waals surface area contributed by atoms with Crippen molar-refractivity contribution in [2.45, 2.75) is 12.0 Å². The summed E-state index contributed by atoms with van der Waals surface area (Å²) in [6.07, 6.45) is 0.866. The molecule has 2 heterocycles. The number of piperazine rings is 1. The van der Waals surface area contributed by atoms with Gasteiger partial charge in [-0.15, -0.1) is 0 Å². The second-order valence-electron chi connectivity index (χ2n) is 6.31. The summed E-state index contributed by atoms with van der Waals surface area (Å²) in [5, 5.41) is 0.761. The molecule has 0 radical (unpaired) electrons. The van der Waals surface area contributed by atoms with Crippen LogP contribution in [0.4, 0.5) is 5.69 Å². The minimum atomic E-state index is -0.310. The first-order valence-corrected chi connectivity index (χ1v) is 8.68. The van der Waals surface area contributed by atoms with E-state index in [0.29, 0.717) is 19.1 Å². The summed E-state index contributed by atoms with van der Waals surface area (Å²) >= 11 is 5.95. The van der Waals surface area contributed by atoms with E-state index in [1.807, 2.05) is 12.1 Å². The van der Waals surface area contributed by atoms with E-state index >= 15 is 0 Å². The van der Waals surface area contributed by atoms with Gasteiger partial charge in [0.25, 0.3) is 0 Å². The molecule has 1 unspecified atom stereocenters. The van der Waals surface area contributed by atoms with Gasteiger partial charge in [-0.25, -0.2) is 0 Å². The highest BCUT2D eigenvalue weighted by Gasteiger charge is 2.35. The Hall–Kier alpha value is -1.50. The van der Waals surface area contributed by atoms with Crippen molar-refractivity contribution in [2.24, 2.45) is 10.7 Å². The summed E-state index contributed by atoms with van der Waals surface area (Å²) in [5.74, 6) is 0.592. The molecule has 0 bridgehead atoms. The van der Waals surface area contributed by atoms with Gasteiger partial charge in [-0.3, -0.25) is 4.99 Å². The van der Waals surface area contributed by atoms with Crippen molar-refractivity contribution in [2.75, 3.05) is 57.9 Å². The molecule has 2 aliphatic rings. The van der Waals surface area contributed by atoms with Gasteiger partial charge in [-0.1, -0.05) is 11.6 Å². The van der Waals surface area contributed by atoms with E-state index in [4.69, 9.17) is 26.8 Å². The Morgan fingerprint density at radius 1 is 1.29 bits per heavy atom. The number of hydrogen-bond donors (Lipinski definition) is 1. The number of ether oxygens (including phenoxy) is 2. The number of nitrogens with two attached hydrogens (primary N) is 1. The van der Waals surface area contributed by atoms with Crippen LogP contribution in [0.1, 0.15) is 6.42 Å². The van der Waals surface area contributed by atoms with Crippen LogP contribution in [-0.2, 0) is 9.47 Å². The average Bonchev–Trinajstić information content (AvgIpc) is 3.10. The second-order valence-corrected chi connectivity index (χ2v) is 6.75. The Morgan fingerprint density at radius 3 is 2.58 bits per heavy atom. The molecule has 7 heteroatoms. The molecular weight excluding hydrogens is 328 g/mol. The van der Waals surface area contributed by atoms with Crippen molar-refractivity contribution >= 4 is 23.2 Å². The van der Waals surface area contributed by atoms with E-state index < -0.39 is 0 Å². The van der Waals surface area contributed by atoms with Crippen LogP contribution in [0.5, 0.6) is 0 Å². The van der Waals surface area contributed by atoms with Gasteiger partial charge in [0.1, 0.15) is 5.60 Å². The zero-order chi connectivity index (χ0) is 17.0. The highest BCUT2D eigenvalue weighted by atomic mass is 35.5. The molecule has 132 valence electrons. The van der Waals surface area contributed by atoms with Gasteiger partial charge in [0.05, 0.1) is 13.2 Å². The molecule has 2 N–H and O–H groups in total. The van der Waals surface area contributed by atoms with Crippen LogP contribution in [0.15, 0.2) is 29.3 Å². The Bertz CT molecular complexity index is 564. The van der Waals surface area contributed by atoms with Crippen LogP contribution in [0.25, 0.3) is 0 Å². The first-order chi connectivity index (χ1) is 11.6. The van der Waals surface area contributed by atoms with Gasteiger partial charge >= 0.3 is 0 Å². The van der Waals surface area contributed by atoms with Crippen molar-refractivity contribution in [3.05, 3.63) is 29.3 Å². The average molecular weight is 353 g/mol. The number of benzene rings is 1. The quantitative estimate of drug-likeness (QED) is 0.658. The Balaban J connectivity index is 1.53. The van der Waals surface area contributed by atoms with E-state index in [-0.39, 0.29) is 5.60 Å². The number of anilines is 1. The predicted octanol–water partition coefficient (Wildman–Crippen LogP) is 1.58. The molecule has 1 atom stereocenters. The fraction of sp³-hybridized carbons (Fsp3) is 0.588. The molecule has 0 aromatic heterocycles. The van der Waals surface area contributed by atoms with E-state index in [1.165, 1.54) is 5.69 Å². The number of methoxy groups -OCH3 is 1. The van der Waals surface area contributed by atoms with Crippen molar-refractivity contribution in [1.82, 2.24) is 4.90 Å².